The molecule has 0 fully saturated rings. The number of imidazole rings is 1. The highest BCUT2D eigenvalue weighted by atomic mass is 32.1. The maximum Gasteiger partial charge on any atom is 0.201 e. The van der Waals surface area contributed by atoms with Gasteiger partial charge >= 0.3 is 0 Å². The minimum Gasteiger partial charge on any atom is -0.369 e. The van der Waals surface area contributed by atoms with Crippen molar-refractivity contribution < 1.29 is 0 Å². The maximum atomic E-state index is 9.11. The van der Waals surface area contributed by atoms with Crippen LogP contribution < -0.4 is 5.73 Å². The largest absolute Gasteiger partial charge is 0.369 e. The van der Waals surface area contributed by atoms with Gasteiger partial charge in [0.05, 0.1) is 28.7 Å². The Labute approximate surface area is 127 Å². The number of nitrogen functional groups attached to an aromatic ring is 1. The number of fused-ring (bicyclic) bond motifs is 1. The normalized spacial score (nSPS) is 12.4. The van der Waals surface area contributed by atoms with Crippen LogP contribution >= 0.6 is 11.3 Å². The van der Waals surface area contributed by atoms with Crippen molar-refractivity contribution in [3.63, 3.8) is 0 Å². The van der Waals surface area contributed by atoms with Crippen LogP contribution in [0.4, 0.5) is 5.95 Å². The van der Waals surface area contributed by atoms with Crippen molar-refractivity contribution in [2.24, 2.45) is 0 Å². The standard InChI is InChI=1S/C16H16N4S/c1-2-4-13(15-5-3-8-21-15)20-14-9-11(10-17)6-7-12(14)19-16(20)18/h3,5-9,13H,2,4H2,1H3,(H2,18,19). The summed E-state index contributed by atoms with van der Waals surface area (Å²) in [5.74, 6) is 0.506. The third kappa shape index (κ3) is 2.39. The molecule has 0 amide bonds. The number of nitrogens with two attached hydrogens (primary N) is 1. The zero-order chi connectivity index (χ0) is 14.8. The third-order valence-corrected chi connectivity index (χ3v) is 4.56. The van der Waals surface area contributed by atoms with Gasteiger partial charge in [0.15, 0.2) is 0 Å². The Bertz CT molecular complexity index is 796. The molecule has 0 aliphatic heterocycles. The molecule has 3 rings (SSSR count). The van der Waals surface area contributed by atoms with E-state index in [-0.39, 0.29) is 6.04 Å². The number of anilines is 1. The second-order valence-electron chi connectivity index (χ2n) is 4.98. The second-order valence-corrected chi connectivity index (χ2v) is 5.95. The average Bonchev–Trinajstić information content (AvgIpc) is 3.11. The lowest BCUT2D eigenvalue weighted by Crippen LogP contribution is -2.12. The van der Waals surface area contributed by atoms with Crippen molar-refractivity contribution in [2.45, 2.75) is 25.8 Å². The number of nitriles is 1. The molecule has 106 valence electrons. The first-order chi connectivity index (χ1) is 10.2. The third-order valence-electron chi connectivity index (χ3n) is 3.59. The molecular formula is C16H16N4S. The van der Waals surface area contributed by atoms with E-state index in [1.54, 1.807) is 17.4 Å². The molecule has 5 heteroatoms. The highest BCUT2D eigenvalue weighted by Crippen LogP contribution is 2.33. The minimum absolute atomic E-state index is 0.175. The highest BCUT2D eigenvalue weighted by Gasteiger charge is 2.20. The monoisotopic (exact) mass is 296 g/mol. The summed E-state index contributed by atoms with van der Waals surface area (Å²) in [6.07, 6.45) is 2.05. The zero-order valence-corrected chi connectivity index (χ0v) is 12.6. The molecule has 0 saturated heterocycles. The Morgan fingerprint density at radius 2 is 2.29 bits per heavy atom. The zero-order valence-electron chi connectivity index (χ0n) is 11.8. The molecule has 0 bridgehead atoms. The van der Waals surface area contributed by atoms with Gasteiger partial charge in [0, 0.05) is 4.88 Å². The first-order valence-corrected chi connectivity index (χ1v) is 7.83. The van der Waals surface area contributed by atoms with Crippen molar-refractivity contribution in [2.75, 3.05) is 5.73 Å². The molecule has 2 N–H and O–H groups in total. The van der Waals surface area contributed by atoms with E-state index in [0.29, 0.717) is 11.5 Å². The fourth-order valence-electron chi connectivity index (χ4n) is 2.66. The summed E-state index contributed by atoms with van der Waals surface area (Å²) in [6, 6.07) is 12.0. The average molecular weight is 296 g/mol. The molecular weight excluding hydrogens is 280 g/mol. The molecule has 1 aromatic carbocycles. The van der Waals surface area contributed by atoms with Gasteiger partial charge in [0.1, 0.15) is 0 Å². The Morgan fingerprint density at radius 1 is 1.43 bits per heavy atom. The summed E-state index contributed by atoms with van der Waals surface area (Å²) in [7, 11) is 0. The lowest BCUT2D eigenvalue weighted by molar-refractivity contribution is 0.560. The van der Waals surface area contributed by atoms with Gasteiger partial charge < -0.3 is 10.3 Å². The number of nitrogens with zero attached hydrogens (tertiary/aromatic N) is 3. The van der Waals surface area contributed by atoms with Crippen LogP contribution in [0.3, 0.4) is 0 Å². The van der Waals surface area contributed by atoms with E-state index in [2.05, 4.69) is 40.1 Å². The topological polar surface area (TPSA) is 67.6 Å². The highest BCUT2D eigenvalue weighted by molar-refractivity contribution is 7.10. The Balaban J connectivity index is 2.21. The molecule has 1 atom stereocenters. The van der Waals surface area contributed by atoms with E-state index in [9.17, 15) is 0 Å². The smallest absolute Gasteiger partial charge is 0.201 e. The molecule has 2 aromatic heterocycles. The van der Waals surface area contributed by atoms with Crippen LogP contribution in [0.25, 0.3) is 11.0 Å². The first kappa shape index (κ1) is 13.7. The molecule has 3 aromatic rings. The maximum absolute atomic E-state index is 9.11. The van der Waals surface area contributed by atoms with Crippen LogP contribution in [0.2, 0.25) is 0 Å². The van der Waals surface area contributed by atoms with Crippen LogP contribution in [0.5, 0.6) is 0 Å². The quantitative estimate of drug-likeness (QED) is 0.793. The van der Waals surface area contributed by atoms with Crippen molar-refractivity contribution >= 4 is 28.3 Å². The molecule has 0 aliphatic rings. The lowest BCUT2D eigenvalue weighted by Gasteiger charge is -2.19. The molecule has 0 radical (unpaired) electrons. The Kier molecular flexibility index (Phi) is 3.63. The molecule has 21 heavy (non-hydrogen) atoms. The Morgan fingerprint density at radius 3 is 2.95 bits per heavy atom. The van der Waals surface area contributed by atoms with Gasteiger partial charge in [-0.05, 0) is 36.1 Å². The van der Waals surface area contributed by atoms with E-state index in [0.717, 1.165) is 23.9 Å². The number of benzene rings is 1. The van der Waals surface area contributed by atoms with Crippen LogP contribution in [-0.2, 0) is 0 Å². The number of rotatable bonds is 4. The number of hydrogen-bond acceptors (Lipinski definition) is 4. The number of aromatic nitrogens is 2. The van der Waals surface area contributed by atoms with E-state index in [1.165, 1.54) is 4.88 Å². The van der Waals surface area contributed by atoms with Gasteiger partial charge in [-0.2, -0.15) is 5.26 Å². The minimum atomic E-state index is 0.175. The SMILES string of the molecule is CCCC(c1cccs1)n1c(N)nc2ccc(C#N)cc21. The lowest BCUT2D eigenvalue weighted by atomic mass is 10.1. The van der Waals surface area contributed by atoms with Crippen LogP contribution in [0.15, 0.2) is 35.7 Å². The van der Waals surface area contributed by atoms with Crippen LogP contribution in [0, 0.1) is 11.3 Å². The van der Waals surface area contributed by atoms with E-state index in [1.807, 2.05) is 12.1 Å². The summed E-state index contributed by atoms with van der Waals surface area (Å²) in [5, 5.41) is 11.2. The van der Waals surface area contributed by atoms with Gasteiger partial charge in [0.2, 0.25) is 5.95 Å². The molecule has 4 nitrogen and oxygen atoms in total. The summed E-state index contributed by atoms with van der Waals surface area (Å²) in [6.45, 7) is 2.16. The second kappa shape index (κ2) is 5.58. The summed E-state index contributed by atoms with van der Waals surface area (Å²) < 4.78 is 2.06. The van der Waals surface area contributed by atoms with Gasteiger partial charge in [-0.3, -0.25) is 0 Å². The molecule has 1 unspecified atom stereocenters. The fourth-order valence-corrected chi connectivity index (χ4v) is 3.51. The van der Waals surface area contributed by atoms with Crippen molar-refractivity contribution in [1.82, 2.24) is 9.55 Å². The van der Waals surface area contributed by atoms with E-state index >= 15 is 0 Å². The van der Waals surface area contributed by atoms with Gasteiger partial charge in [-0.15, -0.1) is 11.3 Å². The summed E-state index contributed by atoms with van der Waals surface area (Å²) in [4.78, 5) is 5.71. The predicted octanol–water partition coefficient (Wildman–Crippen LogP) is 3.94. The molecule has 0 spiro atoms. The summed E-state index contributed by atoms with van der Waals surface area (Å²) in [5.41, 5.74) is 8.55. The van der Waals surface area contributed by atoms with E-state index in [4.69, 9.17) is 11.0 Å². The van der Waals surface area contributed by atoms with Gasteiger partial charge in [-0.1, -0.05) is 19.4 Å². The first-order valence-electron chi connectivity index (χ1n) is 6.95. The van der Waals surface area contributed by atoms with Crippen molar-refractivity contribution in [3.8, 4) is 6.07 Å². The number of hydrogen-bond donors (Lipinski definition) is 1. The molecule has 0 saturated carbocycles. The van der Waals surface area contributed by atoms with Crippen molar-refractivity contribution in [1.29, 1.82) is 5.26 Å². The fraction of sp³-hybridized carbons (Fsp3) is 0.250. The molecule has 0 aliphatic carbocycles. The predicted molar refractivity (Wildman–Crippen MR) is 86.2 cm³/mol. The molecule has 2 heterocycles. The number of thiophene rings is 1. The Hall–Kier alpha value is -2.32. The van der Waals surface area contributed by atoms with Gasteiger partial charge in [0.25, 0.3) is 0 Å². The van der Waals surface area contributed by atoms with Crippen molar-refractivity contribution in [3.05, 3.63) is 46.2 Å². The van der Waals surface area contributed by atoms with Crippen LogP contribution in [-0.4, -0.2) is 9.55 Å². The van der Waals surface area contributed by atoms with Gasteiger partial charge in [-0.25, -0.2) is 4.98 Å². The van der Waals surface area contributed by atoms with E-state index < -0.39 is 0 Å². The summed E-state index contributed by atoms with van der Waals surface area (Å²) >= 11 is 1.73. The van der Waals surface area contributed by atoms with Crippen LogP contribution in [0.1, 0.15) is 36.2 Å².